The molecule has 0 saturated heterocycles. The van der Waals surface area contributed by atoms with E-state index in [4.69, 9.17) is 11.5 Å². The highest BCUT2D eigenvalue weighted by Crippen LogP contribution is 2.45. The van der Waals surface area contributed by atoms with Crippen LogP contribution in [0.1, 0.15) is 37.3 Å². The Morgan fingerprint density at radius 2 is 1.80 bits per heavy atom. The van der Waals surface area contributed by atoms with E-state index in [-0.39, 0.29) is 12.0 Å². The van der Waals surface area contributed by atoms with Crippen molar-refractivity contribution in [1.29, 1.82) is 0 Å². The van der Waals surface area contributed by atoms with E-state index >= 15 is 0 Å². The fourth-order valence-electron chi connectivity index (χ4n) is 4.93. The molecule has 3 aliphatic rings. The minimum atomic E-state index is -0.0284. The number of anilines is 2. The molecule has 1 atom stereocenters. The van der Waals surface area contributed by atoms with Gasteiger partial charge in [0.2, 0.25) is 5.95 Å². The molecule has 3 aliphatic carbocycles. The fraction of sp³-hybridized carbons (Fsp3) is 0.261. The summed E-state index contributed by atoms with van der Waals surface area (Å²) in [6, 6.07) is 10.7. The highest BCUT2D eigenvalue weighted by atomic mass is 15.2. The second-order valence-electron chi connectivity index (χ2n) is 8.17. The van der Waals surface area contributed by atoms with Crippen molar-refractivity contribution >= 4 is 28.5 Å². The summed E-state index contributed by atoms with van der Waals surface area (Å²) in [5.41, 5.74) is 19.3. The van der Waals surface area contributed by atoms with Gasteiger partial charge in [-0.1, -0.05) is 55.3 Å². The van der Waals surface area contributed by atoms with Gasteiger partial charge in [-0.05, 0) is 24.0 Å². The largest absolute Gasteiger partial charge is 0.398 e. The van der Waals surface area contributed by atoms with Gasteiger partial charge in [0, 0.05) is 22.9 Å². The SMILES string of the molecule is Nc1nc(NC2c3ccc(-c4ccccc4)c2c3N)c2ncn(C3CCCC3)c2n1. The molecule has 1 fully saturated rings. The van der Waals surface area contributed by atoms with Crippen molar-refractivity contribution in [3.8, 4) is 0 Å². The number of hydrogen-bond acceptors (Lipinski definition) is 6. The average molecular weight is 397 g/mol. The van der Waals surface area contributed by atoms with Gasteiger partial charge in [-0.15, -0.1) is 0 Å². The number of hydrogen-bond donors (Lipinski definition) is 3. The minimum absolute atomic E-state index is 0.0284. The van der Waals surface area contributed by atoms with Crippen molar-refractivity contribution in [2.45, 2.75) is 37.8 Å². The van der Waals surface area contributed by atoms with Crippen LogP contribution >= 0.6 is 0 Å². The Morgan fingerprint density at radius 3 is 2.57 bits per heavy atom. The van der Waals surface area contributed by atoms with Gasteiger partial charge < -0.3 is 21.4 Å². The normalized spacial score (nSPS) is 20.9. The van der Waals surface area contributed by atoms with Gasteiger partial charge in [0.25, 0.3) is 0 Å². The van der Waals surface area contributed by atoms with Crippen LogP contribution in [-0.2, 0) is 0 Å². The molecule has 150 valence electrons. The first-order valence-electron chi connectivity index (χ1n) is 10.4. The molecule has 7 heteroatoms. The molecular weight excluding hydrogens is 374 g/mol. The molecule has 1 saturated carbocycles. The molecule has 1 unspecified atom stereocenters. The first-order chi connectivity index (χ1) is 14.7. The second-order valence-corrected chi connectivity index (χ2v) is 8.17. The molecule has 2 aromatic heterocycles. The molecule has 6 rings (SSSR count). The topological polar surface area (TPSA) is 108 Å². The first-order valence-corrected chi connectivity index (χ1v) is 10.4. The third-order valence-electron chi connectivity index (χ3n) is 6.44. The van der Waals surface area contributed by atoms with E-state index in [1.165, 1.54) is 12.8 Å². The van der Waals surface area contributed by atoms with Crippen LogP contribution in [0.15, 0.2) is 65.7 Å². The summed E-state index contributed by atoms with van der Waals surface area (Å²) >= 11 is 0. The number of allylic oxidation sites excluding steroid dienone is 2. The molecule has 5 N–H and O–H groups in total. The van der Waals surface area contributed by atoms with E-state index in [1.807, 2.05) is 24.5 Å². The lowest BCUT2D eigenvalue weighted by Gasteiger charge is -2.39. The molecule has 2 bridgehead atoms. The summed E-state index contributed by atoms with van der Waals surface area (Å²) in [7, 11) is 0. The second kappa shape index (κ2) is 6.45. The Labute approximate surface area is 174 Å². The molecule has 0 radical (unpaired) electrons. The number of fused-ring (bicyclic) bond motifs is 3. The van der Waals surface area contributed by atoms with Crippen molar-refractivity contribution in [3.63, 3.8) is 0 Å². The van der Waals surface area contributed by atoms with Gasteiger partial charge >= 0.3 is 0 Å². The molecule has 0 spiro atoms. The van der Waals surface area contributed by atoms with Crippen molar-refractivity contribution in [3.05, 3.63) is 71.2 Å². The number of nitrogens with one attached hydrogen (secondary N) is 1. The Kier molecular flexibility index (Phi) is 3.71. The lowest BCUT2D eigenvalue weighted by atomic mass is 9.72. The van der Waals surface area contributed by atoms with Crippen LogP contribution in [0.4, 0.5) is 11.8 Å². The Bertz CT molecular complexity index is 1240. The standard InChI is InChI=1S/C23H23N7/c24-18-16-11-10-15(13-6-2-1-3-7-13)17(18)19(16)27-21-20-22(29-23(25)28-21)30(12-26-20)14-8-4-5-9-14/h1-3,6-7,10-12,14,19H,4-5,8-9,24H2,(H3,25,27,28,29). The van der Waals surface area contributed by atoms with Crippen LogP contribution < -0.4 is 16.8 Å². The van der Waals surface area contributed by atoms with Crippen molar-refractivity contribution in [1.82, 2.24) is 19.5 Å². The monoisotopic (exact) mass is 397 g/mol. The van der Waals surface area contributed by atoms with Crippen LogP contribution in [-0.4, -0.2) is 25.6 Å². The predicted molar refractivity (Wildman–Crippen MR) is 118 cm³/mol. The zero-order valence-corrected chi connectivity index (χ0v) is 16.5. The van der Waals surface area contributed by atoms with Gasteiger partial charge in [-0.25, -0.2) is 4.98 Å². The number of benzene rings is 1. The van der Waals surface area contributed by atoms with Crippen LogP contribution in [0.25, 0.3) is 16.7 Å². The maximum absolute atomic E-state index is 6.38. The minimum Gasteiger partial charge on any atom is -0.398 e. The molecular formula is C23H23N7. The Balaban J connectivity index is 1.37. The van der Waals surface area contributed by atoms with E-state index in [0.717, 1.165) is 52.0 Å². The van der Waals surface area contributed by atoms with E-state index in [9.17, 15) is 0 Å². The van der Waals surface area contributed by atoms with Crippen LogP contribution in [0.5, 0.6) is 0 Å². The van der Waals surface area contributed by atoms with Gasteiger partial charge in [0.15, 0.2) is 17.0 Å². The van der Waals surface area contributed by atoms with Crippen molar-refractivity contribution < 1.29 is 0 Å². The smallest absolute Gasteiger partial charge is 0.224 e. The summed E-state index contributed by atoms with van der Waals surface area (Å²) in [6.07, 6.45) is 10.9. The van der Waals surface area contributed by atoms with Gasteiger partial charge in [0.05, 0.1) is 12.4 Å². The summed E-state index contributed by atoms with van der Waals surface area (Å²) in [4.78, 5) is 13.6. The van der Waals surface area contributed by atoms with Gasteiger partial charge in [-0.2, -0.15) is 9.97 Å². The van der Waals surface area contributed by atoms with E-state index in [2.05, 4.69) is 49.1 Å². The van der Waals surface area contributed by atoms with Gasteiger partial charge in [-0.3, -0.25) is 0 Å². The fourth-order valence-corrected chi connectivity index (χ4v) is 4.93. The van der Waals surface area contributed by atoms with Crippen LogP contribution in [0.2, 0.25) is 0 Å². The molecule has 1 aromatic carbocycles. The number of aromatic nitrogens is 4. The number of nitrogen functional groups attached to an aromatic ring is 1. The Morgan fingerprint density at radius 1 is 1.00 bits per heavy atom. The van der Waals surface area contributed by atoms with Crippen LogP contribution in [0, 0.1) is 0 Å². The summed E-state index contributed by atoms with van der Waals surface area (Å²) in [5.74, 6) is 0.911. The maximum Gasteiger partial charge on any atom is 0.224 e. The lowest BCUT2D eigenvalue weighted by molar-refractivity contribution is 0.529. The third-order valence-corrected chi connectivity index (χ3v) is 6.44. The van der Waals surface area contributed by atoms with Crippen molar-refractivity contribution in [2.75, 3.05) is 11.1 Å². The predicted octanol–water partition coefficient (Wildman–Crippen LogP) is 3.55. The number of imidazole rings is 1. The summed E-state index contributed by atoms with van der Waals surface area (Å²) < 4.78 is 2.16. The number of nitrogens with zero attached hydrogens (tertiary/aromatic N) is 4. The zero-order valence-electron chi connectivity index (χ0n) is 16.5. The highest BCUT2D eigenvalue weighted by molar-refractivity contribution is 5.93. The maximum atomic E-state index is 6.38. The van der Waals surface area contributed by atoms with E-state index in [0.29, 0.717) is 11.9 Å². The molecule has 0 amide bonds. The van der Waals surface area contributed by atoms with Gasteiger partial charge in [0.1, 0.15) is 0 Å². The molecule has 7 nitrogen and oxygen atoms in total. The van der Waals surface area contributed by atoms with E-state index in [1.54, 1.807) is 0 Å². The number of nitrogens with two attached hydrogens (primary N) is 2. The lowest BCUT2D eigenvalue weighted by Crippen LogP contribution is -2.40. The molecule has 3 aromatic rings. The van der Waals surface area contributed by atoms with Crippen LogP contribution in [0.3, 0.4) is 0 Å². The number of rotatable bonds is 4. The summed E-state index contributed by atoms with van der Waals surface area (Å²) in [6.45, 7) is 0. The zero-order chi connectivity index (χ0) is 20.2. The molecule has 2 heterocycles. The molecule has 30 heavy (non-hydrogen) atoms. The quantitative estimate of drug-likeness (QED) is 0.621. The summed E-state index contributed by atoms with van der Waals surface area (Å²) in [5, 5.41) is 3.54. The Hall–Kier alpha value is -3.61. The molecule has 0 aliphatic heterocycles. The third kappa shape index (κ3) is 2.48. The highest BCUT2D eigenvalue weighted by Gasteiger charge is 2.39. The average Bonchev–Trinajstić information content (AvgIpc) is 3.44. The first kappa shape index (κ1) is 17.3. The van der Waals surface area contributed by atoms with E-state index < -0.39 is 0 Å². The van der Waals surface area contributed by atoms with Crippen molar-refractivity contribution in [2.24, 2.45) is 5.73 Å².